The number of imide groups is 1. The summed E-state index contributed by atoms with van der Waals surface area (Å²) in [4.78, 5) is 31.2. The third-order valence-electron chi connectivity index (χ3n) is 2.15. The molecule has 1 saturated heterocycles. The molecular weight excluding hydrogens is 196 g/mol. The number of hydrogen-bond acceptors (Lipinski definition) is 4. The Balaban J connectivity index is 1.89. The SMILES string of the molecule is O=C1CN(CCc2cncnc2)C(=O)N1. The van der Waals surface area contributed by atoms with Crippen molar-refractivity contribution in [1.29, 1.82) is 0 Å². The van der Waals surface area contributed by atoms with Gasteiger partial charge < -0.3 is 4.90 Å². The summed E-state index contributed by atoms with van der Waals surface area (Å²) < 4.78 is 0. The minimum absolute atomic E-state index is 0.145. The minimum atomic E-state index is -0.322. The molecule has 0 spiro atoms. The van der Waals surface area contributed by atoms with Gasteiger partial charge in [-0.05, 0) is 12.0 Å². The molecule has 0 aliphatic carbocycles. The number of hydrogen-bond donors (Lipinski definition) is 1. The van der Waals surface area contributed by atoms with Crippen molar-refractivity contribution in [2.45, 2.75) is 6.42 Å². The zero-order valence-electron chi connectivity index (χ0n) is 8.01. The average molecular weight is 206 g/mol. The molecule has 6 nitrogen and oxygen atoms in total. The van der Waals surface area contributed by atoms with E-state index in [0.717, 1.165) is 5.56 Å². The molecule has 2 rings (SSSR count). The molecule has 78 valence electrons. The maximum absolute atomic E-state index is 11.2. The van der Waals surface area contributed by atoms with Crippen LogP contribution in [0.4, 0.5) is 4.79 Å². The fraction of sp³-hybridized carbons (Fsp3) is 0.333. The summed E-state index contributed by atoms with van der Waals surface area (Å²) in [5, 5.41) is 2.22. The van der Waals surface area contributed by atoms with Gasteiger partial charge in [-0.1, -0.05) is 0 Å². The lowest BCUT2D eigenvalue weighted by atomic mass is 10.2. The van der Waals surface area contributed by atoms with Crippen LogP contribution in [-0.4, -0.2) is 39.9 Å². The first-order valence-corrected chi connectivity index (χ1v) is 4.58. The van der Waals surface area contributed by atoms with E-state index in [-0.39, 0.29) is 18.5 Å². The van der Waals surface area contributed by atoms with Crippen molar-refractivity contribution in [3.8, 4) is 0 Å². The Morgan fingerprint density at radius 1 is 1.33 bits per heavy atom. The van der Waals surface area contributed by atoms with E-state index in [4.69, 9.17) is 0 Å². The van der Waals surface area contributed by atoms with E-state index >= 15 is 0 Å². The number of nitrogens with zero attached hydrogens (tertiary/aromatic N) is 3. The average Bonchev–Trinajstić information content (AvgIpc) is 2.56. The van der Waals surface area contributed by atoms with E-state index in [2.05, 4.69) is 15.3 Å². The summed E-state index contributed by atoms with van der Waals surface area (Å²) in [5.41, 5.74) is 0.949. The fourth-order valence-corrected chi connectivity index (χ4v) is 1.39. The van der Waals surface area contributed by atoms with Crippen LogP contribution in [0.25, 0.3) is 0 Å². The molecule has 0 radical (unpaired) electrons. The maximum atomic E-state index is 11.2. The van der Waals surface area contributed by atoms with Gasteiger partial charge in [0.1, 0.15) is 12.9 Å². The van der Waals surface area contributed by atoms with E-state index in [0.29, 0.717) is 13.0 Å². The Morgan fingerprint density at radius 2 is 2.07 bits per heavy atom. The molecule has 0 bridgehead atoms. The van der Waals surface area contributed by atoms with E-state index in [1.54, 1.807) is 12.4 Å². The number of carbonyl (C=O) groups excluding carboxylic acids is 2. The predicted molar refractivity (Wildman–Crippen MR) is 50.8 cm³/mol. The van der Waals surface area contributed by atoms with E-state index in [1.165, 1.54) is 11.2 Å². The molecule has 6 heteroatoms. The van der Waals surface area contributed by atoms with Crippen LogP contribution < -0.4 is 5.32 Å². The largest absolute Gasteiger partial charge is 0.324 e. The Bertz CT molecular complexity index is 379. The first kappa shape index (κ1) is 9.57. The van der Waals surface area contributed by atoms with Crippen molar-refractivity contribution >= 4 is 11.9 Å². The van der Waals surface area contributed by atoms with Crippen molar-refractivity contribution in [1.82, 2.24) is 20.2 Å². The molecule has 0 atom stereocenters. The molecule has 1 aliphatic heterocycles. The predicted octanol–water partition coefficient (Wildman–Crippen LogP) is -0.429. The van der Waals surface area contributed by atoms with E-state index < -0.39 is 0 Å². The quantitative estimate of drug-likeness (QED) is 0.681. The number of amides is 3. The Labute approximate surface area is 86.3 Å². The second-order valence-electron chi connectivity index (χ2n) is 3.27. The molecule has 2 heterocycles. The highest BCUT2D eigenvalue weighted by molar-refractivity contribution is 6.01. The summed E-state index contributed by atoms with van der Waals surface area (Å²) in [6.07, 6.45) is 5.50. The van der Waals surface area contributed by atoms with Gasteiger partial charge in [0.15, 0.2) is 0 Å². The molecular formula is C9H10N4O2. The van der Waals surface area contributed by atoms with E-state index in [1.807, 2.05) is 0 Å². The third-order valence-corrected chi connectivity index (χ3v) is 2.15. The van der Waals surface area contributed by atoms with Crippen LogP contribution >= 0.6 is 0 Å². The lowest BCUT2D eigenvalue weighted by Crippen LogP contribution is -2.30. The van der Waals surface area contributed by atoms with Crippen LogP contribution in [0, 0.1) is 0 Å². The van der Waals surface area contributed by atoms with E-state index in [9.17, 15) is 9.59 Å². The van der Waals surface area contributed by atoms with Crippen molar-refractivity contribution in [2.75, 3.05) is 13.1 Å². The van der Waals surface area contributed by atoms with Gasteiger partial charge in [0, 0.05) is 18.9 Å². The van der Waals surface area contributed by atoms with Gasteiger partial charge >= 0.3 is 6.03 Å². The van der Waals surface area contributed by atoms with Crippen LogP contribution in [0.2, 0.25) is 0 Å². The summed E-state index contributed by atoms with van der Waals surface area (Å²) in [6.45, 7) is 0.650. The Morgan fingerprint density at radius 3 is 2.67 bits per heavy atom. The second kappa shape index (κ2) is 4.04. The van der Waals surface area contributed by atoms with Crippen molar-refractivity contribution < 1.29 is 9.59 Å². The van der Waals surface area contributed by atoms with Crippen molar-refractivity contribution in [3.63, 3.8) is 0 Å². The molecule has 0 aromatic carbocycles. The number of carbonyl (C=O) groups is 2. The summed E-state index contributed by atoms with van der Waals surface area (Å²) in [6, 6.07) is -0.322. The second-order valence-corrected chi connectivity index (χ2v) is 3.27. The third kappa shape index (κ3) is 2.28. The maximum Gasteiger partial charge on any atom is 0.324 e. The van der Waals surface area contributed by atoms with Gasteiger partial charge in [0.2, 0.25) is 5.91 Å². The van der Waals surface area contributed by atoms with Crippen LogP contribution in [0.15, 0.2) is 18.7 Å². The summed E-state index contributed by atoms with van der Waals surface area (Å²) >= 11 is 0. The highest BCUT2D eigenvalue weighted by Gasteiger charge is 2.25. The fourth-order valence-electron chi connectivity index (χ4n) is 1.39. The highest BCUT2D eigenvalue weighted by Crippen LogP contribution is 2.01. The highest BCUT2D eigenvalue weighted by atomic mass is 16.2. The number of urea groups is 1. The monoisotopic (exact) mass is 206 g/mol. The molecule has 3 amide bonds. The molecule has 1 aromatic heterocycles. The van der Waals surface area contributed by atoms with Crippen molar-refractivity contribution in [3.05, 3.63) is 24.3 Å². The summed E-state index contributed by atoms with van der Waals surface area (Å²) in [5.74, 6) is -0.246. The van der Waals surface area contributed by atoms with Crippen LogP contribution in [0.3, 0.4) is 0 Å². The Hall–Kier alpha value is -1.98. The molecule has 1 aromatic rings. The molecule has 1 aliphatic rings. The number of aromatic nitrogens is 2. The van der Waals surface area contributed by atoms with Gasteiger partial charge in [-0.2, -0.15) is 0 Å². The smallest absolute Gasteiger partial charge is 0.315 e. The zero-order valence-corrected chi connectivity index (χ0v) is 8.01. The lowest BCUT2D eigenvalue weighted by Gasteiger charge is -2.11. The first-order valence-electron chi connectivity index (χ1n) is 4.58. The Kier molecular flexibility index (Phi) is 2.57. The molecule has 15 heavy (non-hydrogen) atoms. The lowest BCUT2D eigenvalue weighted by molar-refractivity contribution is -0.118. The van der Waals surface area contributed by atoms with Gasteiger partial charge in [-0.25, -0.2) is 14.8 Å². The van der Waals surface area contributed by atoms with Gasteiger partial charge in [-0.3, -0.25) is 10.1 Å². The molecule has 1 N–H and O–H groups in total. The van der Waals surface area contributed by atoms with Crippen LogP contribution in [0.5, 0.6) is 0 Å². The molecule has 0 saturated carbocycles. The minimum Gasteiger partial charge on any atom is -0.315 e. The molecule has 1 fully saturated rings. The number of rotatable bonds is 3. The van der Waals surface area contributed by atoms with Crippen LogP contribution in [0.1, 0.15) is 5.56 Å². The van der Waals surface area contributed by atoms with Crippen molar-refractivity contribution in [2.24, 2.45) is 0 Å². The van der Waals surface area contributed by atoms with Gasteiger partial charge in [0.05, 0.1) is 0 Å². The topological polar surface area (TPSA) is 75.2 Å². The zero-order chi connectivity index (χ0) is 10.7. The van der Waals surface area contributed by atoms with Gasteiger partial charge in [-0.15, -0.1) is 0 Å². The number of nitrogens with one attached hydrogen (secondary N) is 1. The standard InChI is InChI=1S/C9H10N4O2/c14-8-5-13(9(15)12-8)2-1-7-3-10-6-11-4-7/h3-4,6H,1-2,5H2,(H,12,14,15). The first-order chi connectivity index (χ1) is 7.25. The molecule has 0 unspecified atom stereocenters. The summed E-state index contributed by atoms with van der Waals surface area (Å²) in [7, 11) is 0. The van der Waals surface area contributed by atoms with Gasteiger partial charge in [0.25, 0.3) is 0 Å². The normalized spacial score (nSPS) is 15.6. The van der Waals surface area contributed by atoms with Crippen LogP contribution in [-0.2, 0) is 11.2 Å².